The molecule has 0 aliphatic carbocycles. The van der Waals surface area contributed by atoms with Crippen LogP contribution in [-0.4, -0.2) is 31.7 Å². The number of pyridine rings is 1. The molecule has 3 N–H and O–H groups in total. The van der Waals surface area contributed by atoms with Crippen LogP contribution in [0.3, 0.4) is 0 Å². The quantitative estimate of drug-likeness (QED) is 0.551. The summed E-state index contributed by atoms with van der Waals surface area (Å²) < 4.78 is 10.6. The van der Waals surface area contributed by atoms with Crippen molar-refractivity contribution in [2.24, 2.45) is 0 Å². The summed E-state index contributed by atoms with van der Waals surface area (Å²) in [4.78, 5) is 16.3. The minimum atomic E-state index is -0.159. The summed E-state index contributed by atoms with van der Waals surface area (Å²) in [6.07, 6.45) is 3.34. The Morgan fingerprint density at radius 3 is 2.39 bits per heavy atom. The molecule has 1 amide bonds. The Labute approximate surface area is 163 Å². The topological polar surface area (TPSA) is 84.5 Å². The number of benzene rings is 2. The molecule has 1 heterocycles. The van der Waals surface area contributed by atoms with E-state index in [1.807, 2.05) is 36.4 Å². The normalized spacial score (nSPS) is 10.1. The Balaban J connectivity index is 1.70. The van der Waals surface area contributed by atoms with Crippen LogP contribution >= 0.6 is 0 Å². The summed E-state index contributed by atoms with van der Waals surface area (Å²) in [5.74, 6) is 1.18. The fraction of sp³-hybridized carbons (Fsp3) is 0.143. The number of para-hydroxylation sites is 2. The Bertz CT molecular complexity index is 932. The minimum Gasteiger partial charge on any atom is -0.497 e. The molecule has 28 heavy (non-hydrogen) atoms. The molecule has 1 aromatic heterocycles. The lowest BCUT2D eigenvalue weighted by atomic mass is 10.2. The van der Waals surface area contributed by atoms with Crippen molar-refractivity contribution < 1.29 is 14.3 Å². The van der Waals surface area contributed by atoms with E-state index >= 15 is 0 Å². The molecule has 7 nitrogen and oxygen atoms in total. The molecule has 0 atom stereocenters. The third kappa shape index (κ3) is 4.91. The van der Waals surface area contributed by atoms with Crippen LogP contribution in [0.1, 0.15) is 0 Å². The SMILES string of the molecule is COc1ccc(Nc2ccccc2NC(=O)CNc2ccncc2)c(OC)c1. The lowest BCUT2D eigenvalue weighted by Crippen LogP contribution is -2.22. The van der Waals surface area contributed by atoms with Gasteiger partial charge < -0.3 is 25.4 Å². The highest BCUT2D eigenvalue weighted by Gasteiger charge is 2.10. The molecule has 3 rings (SSSR count). The van der Waals surface area contributed by atoms with Crippen molar-refractivity contribution in [3.05, 3.63) is 67.0 Å². The zero-order valence-electron chi connectivity index (χ0n) is 15.7. The maximum absolute atomic E-state index is 12.3. The highest BCUT2D eigenvalue weighted by molar-refractivity contribution is 5.97. The minimum absolute atomic E-state index is 0.143. The Hall–Kier alpha value is -3.74. The summed E-state index contributed by atoms with van der Waals surface area (Å²) in [5.41, 5.74) is 3.02. The number of nitrogens with zero attached hydrogens (tertiary/aromatic N) is 1. The first kappa shape index (κ1) is 19.0. The third-order valence-electron chi connectivity index (χ3n) is 4.01. The van der Waals surface area contributed by atoms with Gasteiger partial charge >= 0.3 is 0 Å². The summed E-state index contributed by atoms with van der Waals surface area (Å²) in [5, 5.41) is 9.27. The highest BCUT2D eigenvalue weighted by Crippen LogP contribution is 2.33. The first-order chi connectivity index (χ1) is 13.7. The number of nitrogens with one attached hydrogen (secondary N) is 3. The average molecular weight is 378 g/mol. The number of amides is 1. The smallest absolute Gasteiger partial charge is 0.243 e. The van der Waals surface area contributed by atoms with Crippen molar-refractivity contribution in [3.8, 4) is 11.5 Å². The van der Waals surface area contributed by atoms with E-state index in [1.165, 1.54) is 0 Å². The number of carbonyl (C=O) groups excluding carboxylic acids is 1. The maximum atomic E-state index is 12.3. The molecular weight excluding hydrogens is 356 g/mol. The number of aromatic nitrogens is 1. The molecule has 0 aliphatic rings. The van der Waals surface area contributed by atoms with Gasteiger partial charge in [0.1, 0.15) is 11.5 Å². The van der Waals surface area contributed by atoms with Crippen LogP contribution in [0.5, 0.6) is 11.5 Å². The molecule has 3 aromatic rings. The molecule has 2 aromatic carbocycles. The van der Waals surface area contributed by atoms with Crippen LogP contribution in [0.2, 0.25) is 0 Å². The lowest BCUT2D eigenvalue weighted by Gasteiger charge is -2.16. The molecule has 0 radical (unpaired) electrons. The van der Waals surface area contributed by atoms with Crippen LogP contribution in [0, 0.1) is 0 Å². The molecule has 0 saturated heterocycles. The van der Waals surface area contributed by atoms with Crippen molar-refractivity contribution in [1.29, 1.82) is 0 Å². The van der Waals surface area contributed by atoms with Crippen LogP contribution < -0.4 is 25.4 Å². The number of methoxy groups -OCH3 is 2. The number of hydrogen-bond donors (Lipinski definition) is 3. The second kappa shape index (κ2) is 9.27. The molecule has 0 aliphatic heterocycles. The highest BCUT2D eigenvalue weighted by atomic mass is 16.5. The van der Waals surface area contributed by atoms with E-state index in [2.05, 4.69) is 20.9 Å². The molecule has 0 bridgehead atoms. The fourth-order valence-electron chi connectivity index (χ4n) is 2.59. The van der Waals surface area contributed by atoms with Crippen molar-refractivity contribution in [2.45, 2.75) is 0 Å². The van der Waals surface area contributed by atoms with Gasteiger partial charge in [0, 0.05) is 24.1 Å². The first-order valence-corrected chi connectivity index (χ1v) is 8.71. The molecular formula is C21H22N4O3. The van der Waals surface area contributed by atoms with Crippen LogP contribution in [0.4, 0.5) is 22.7 Å². The molecule has 0 spiro atoms. The van der Waals surface area contributed by atoms with Gasteiger partial charge in [-0.2, -0.15) is 0 Å². The number of ether oxygens (including phenoxy) is 2. The van der Waals surface area contributed by atoms with Crippen molar-refractivity contribution in [3.63, 3.8) is 0 Å². The van der Waals surface area contributed by atoms with E-state index in [0.29, 0.717) is 17.2 Å². The van der Waals surface area contributed by atoms with Crippen molar-refractivity contribution >= 4 is 28.7 Å². The molecule has 0 saturated carbocycles. The monoisotopic (exact) mass is 378 g/mol. The molecule has 7 heteroatoms. The van der Waals surface area contributed by atoms with Crippen molar-refractivity contribution in [1.82, 2.24) is 4.98 Å². The Morgan fingerprint density at radius 2 is 1.68 bits per heavy atom. The van der Waals surface area contributed by atoms with Crippen LogP contribution in [-0.2, 0) is 4.79 Å². The molecule has 0 unspecified atom stereocenters. The number of rotatable bonds is 8. The standard InChI is InChI=1S/C21H22N4O3/c1-27-16-7-8-19(20(13-16)28-2)24-17-5-3-4-6-18(17)25-21(26)14-23-15-9-11-22-12-10-15/h3-13,24H,14H2,1-2H3,(H,22,23)(H,25,26). The van der Waals surface area contributed by atoms with E-state index in [-0.39, 0.29) is 12.5 Å². The van der Waals surface area contributed by atoms with Gasteiger partial charge in [-0.3, -0.25) is 9.78 Å². The third-order valence-corrected chi connectivity index (χ3v) is 4.01. The molecule has 144 valence electrons. The lowest BCUT2D eigenvalue weighted by molar-refractivity contribution is -0.114. The Kier molecular flexibility index (Phi) is 6.30. The van der Waals surface area contributed by atoms with E-state index in [1.54, 1.807) is 44.8 Å². The van der Waals surface area contributed by atoms with Gasteiger partial charge in [-0.25, -0.2) is 0 Å². The largest absolute Gasteiger partial charge is 0.497 e. The van der Waals surface area contributed by atoms with Gasteiger partial charge in [0.2, 0.25) is 5.91 Å². The van der Waals surface area contributed by atoms with Gasteiger partial charge in [-0.05, 0) is 36.4 Å². The van der Waals surface area contributed by atoms with E-state index < -0.39 is 0 Å². The molecule has 0 fully saturated rings. The number of anilines is 4. The summed E-state index contributed by atoms with van der Waals surface area (Å²) in [7, 11) is 3.20. The van der Waals surface area contributed by atoms with Gasteiger partial charge in [-0.1, -0.05) is 12.1 Å². The van der Waals surface area contributed by atoms with Crippen LogP contribution in [0.15, 0.2) is 67.0 Å². The second-order valence-electron chi connectivity index (χ2n) is 5.87. The van der Waals surface area contributed by atoms with E-state index in [4.69, 9.17) is 9.47 Å². The number of hydrogen-bond acceptors (Lipinski definition) is 6. The van der Waals surface area contributed by atoms with Gasteiger partial charge in [0.15, 0.2) is 0 Å². The summed E-state index contributed by atoms with van der Waals surface area (Å²) in [6.45, 7) is 0.143. The number of carbonyl (C=O) groups is 1. The van der Waals surface area contributed by atoms with Gasteiger partial charge in [-0.15, -0.1) is 0 Å². The first-order valence-electron chi connectivity index (χ1n) is 8.71. The second-order valence-corrected chi connectivity index (χ2v) is 5.87. The summed E-state index contributed by atoms with van der Waals surface area (Å²) in [6, 6.07) is 16.6. The Morgan fingerprint density at radius 1 is 0.929 bits per heavy atom. The average Bonchev–Trinajstić information content (AvgIpc) is 2.74. The van der Waals surface area contributed by atoms with Gasteiger partial charge in [0.25, 0.3) is 0 Å². The predicted octanol–water partition coefficient (Wildman–Crippen LogP) is 3.89. The maximum Gasteiger partial charge on any atom is 0.243 e. The zero-order chi connectivity index (χ0) is 19.8. The van der Waals surface area contributed by atoms with Crippen LogP contribution in [0.25, 0.3) is 0 Å². The van der Waals surface area contributed by atoms with Gasteiger partial charge in [0.05, 0.1) is 37.8 Å². The van der Waals surface area contributed by atoms with Crippen molar-refractivity contribution in [2.75, 3.05) is 36.7 Å². The zero-order valence-corrected chi connectivity index (χ0v) is 15.7. The predicted molar refractivity (Wildman–Crippen MR) is 111 cm³/mol. The van der Waals surface area contributed by atoms with E-state index in [9.17, 15) is 4.79 Å². The fourth-order valence-corrected chi connectivity index (χ4v) is 2.59. The van der Waals surface area contributed by atoms with E-state index in [0.717, 1.165) is 17.1 Å². The summed E-state index contributed by atoms with van der Waals surface area (Å²) >= 11 is 0.